The number of amides is 1. The first-order chi connectivity index (χ1) is 12.6. The number of hydrogen-bond donors (Lipinski definition) is 1. The van der Waals surface area contributed by atoms with Crippen LogP contribution in [-0.2, 0) is 0 Å². The average Bonchev–Trinajstić information content (AvgIpc) is 2.67. The standard InChI is InChI=1S/C20H23ClN2O3/c1-13-10-18(25-2)19(26-3)11-15(13)20(24)23-9-8-22-12-17(23)14-6-4-5-7-16(14)21/h4-7,10-11,17,22H,8-9,12H2,1-3H3. The average molecular weight is 375 g/mol. The quantitative estimate of drug-likeness (QED) is 0.890. The Morgan fingerprint density at radius 2 is 1.88 bits per heavy atom. The third-order valence-electron chi connectivity index (χ3n) is 4.73. The molecule has 5 nitrogen and oxygen atoms in total. The summed E-state index contributed by atoms with van der Waals surface area (Å²) in [6, 6.07) is 11.1. The highest BCUT2D eigenvalue weighted by molar-refractivity contribution is 6.31. The molecule has 0 spiro atoms. The lowest BCUT2D eigenvalue weighted by Crippen LogP contribution is -2.48. The minimum absolute atomic E-state index is 0.0325. The van der Waals surface area contributed by atoms with Crippen LogP contribution in [0.1, 0.15) is 27.5 Å². The summed E-state index contributed by atoms with van der Waals surface area (Å²) in [6.07, 6.45) is 0. The maximum Gasteiger partial charge on any atom is 0.254 e. The van der Waals surface area contributed by atoms with Crippen molar-refractivity contribution in [1.29, 1.82) is 0 Å². The van der Waals surface area contributed by atoms with Crippen LogP contribution < -0.4 is 14.8 Å². The topological polar surface area (TPSA) is 50.8 Å². The molecule has 2 aromatic carbocycles. The molecule has 1 atom stereocenters. The highest BCUT2D eigenvalue weighted by atomic mass is 35.5. The van der Waals surface area contributed by atoms with Crippen LogP contribution in [0.2, 0.25) is 5.02 Å². The van der Waals surface area contributed by atoms with Crippen molar-refractivity contribution in [3.63, 3.8) is 0 Å². The maximum absolute atomic E-state index is 13.3. The van der Waals surface area contributed by atoms with Gasteiger partial charge in [0.1, 0.15) is 0 Å². The molecule has 1 aliphatic heterocycles. The largest absolute Gasteiger partial charge is 0.493 e. The highest BCUT2D eigenvalue weighted by Crippen LogP contribution is 2.34. The van der Waals surface area contributed by atoms with Crippen molar-refractivity contribution in [2.24, 2.45) is 0 Å². The number of benzene rings is 2. The zero-order valence-electron chi connectivity index (χ0n) is 15.2. The van der Waals surface area contributed by atoms with Gasteiger partial charge in [0.05, 0.1) is 20.3 Å². The van der Waals surface area contributed by atoms with Crippen LogP contribution >= 0.6 is 11.6 Å². The first kappa shape index (κ1) is 18.5. The highest BCUT2D eigenvalue weighted by Gasteiger charge is 2.31. The molecule has 1 fully saturated rings. The van der Waals surface area contributed by atoms with Gasteiger partial charge in [-0.1, -0.05) is 29.8 Å². The molecular formula is C20H23ClN2O3. The van der Waals surface area contributed by atoms with Crippen molar-refractivity contribution in [3.8, 4) is 11.5 Å². The van der Waals surface area contributed by atoms with Crippen molar-refractivity contribution >= 4 is 17.5 Å². The number of ether oxygens (including phenoxy) is 2. The minimum Gasteiger partial charge on any atom is -0.493 e. The molecule has 1 heterocycles. The summed E-state index contributed by atoms with van der Waals surface area (Å²) in [5.74, 6) is 1.13. The van der Waals surface area contributed by atoms with Crippen LogP contribution in [0.15, 0.2) is 36.4 Å². The zero-order valence-corrected chi connectivity index (χ0v) is 16.0. The molecule has 0 bridgehead atoms. The Labute approximate surface area is 158 Å². The second kappa shape index (κ2) is 7.98. The van der Waals surface area contributed by atoms with Crippen molar-refractivity contribution in [2.75, 3.05) is 33.9 Å². The monoisotopic (exact) mass is 374 g/mol. The number of piperazine rings is 1. The van der Waals surface area contributed by atoms with Gasteiger partial charge in [-0.15, -0.1) is 0 Å². The van der Waals surface area contributed by atoms with E-state index in [9.17, 15) is 4.79 Å². The summed E-state index contributed by atoms with van der Waals surface area (Å²) in [6.45, 7) is 3.94. The fourth-order valence-electron chi connectivity index (χ4n) is 3.34. The van der Waals surface area contributed by atoms with E-state index < -0.39 is 0 Å². The number of methoxy groups -OCH3 is 2. The van der Waals surface area contributed by atoms with E-state index in [0.29, 0.717) is 35.2 Å². The second-order valence-corrected chi connectivity index (χ2v) is 6.67. The number of carbonyl (C=O) groups excluding carboxylic acids is 1. The Bertz CT molecular complexity index is 810. The van der Waals surface area contributed by atoms with E-state index in [1.54, 1.807) is 20.3 Å². The molecule has 1 aliphatic rings. The van der Waals surface area contributed by atoms with Crippen LogP contribution in [-0.4, -0.2) is 44.7 Å². The smallest absolute Gasteiger partial charge is 0.254 e. The van der Waals surface area contributed by atoms with Crippen molar-refractivity contribution in [2.45, 2.75) is 13.0 Å². The molecule has 1 saturated heterocycles. The number of hydrogen-bond acceptors (Lipinski definition) is 4. The van der Waals surface area contributed by atoms with Gasteiger partial charge >= 0.3 is 0 Å². The van der Waals surface area contributed by atoms with Gasteiger partial charge in [0.15, 0.2) is 11.5 Å². The van der Waals surface area contributed by atoms with Crippen LogP contribution in [0.3, 0.4) is 0 Å². The lowest BCUT2D eigenvalue weighted by atomic mass is 10.00. The fourth-order valence-corrected chi connectivity index (χ4v) is 3.60. The molecule has 3 rings (SSSR count). The van der Waals surface area contributed by atoms with Gasteiger partial charge in [-0.25, -0.2) is 0 Å². The van der Waals surface area contributed by atoms with E-state index in [1.165, 1.54) is 0 Å². The van der Waals surface area contributed by atoms with Crippen molar-refractivity contribution in [3.05, 3.63) is 58.1 Å². The summed E-state index contributed by atoms with van der Waals surface area (Å²) in [5.41, 5.74) is 2.42. The zero-order chi connectivity index (χ0) is 18.7. The normalized spacial score (nSPS) is 17.1. The summed E-state index contributed by atoms with van der Waals surface area (Å²) in [5, 5.41) is 4.02. The van der Waals surface area contributed by atoms with Gasteiger partial charge < -0.3 is 19.7 Å². The van der Waals surface area contributed by atoms with Crippen molar-refractivity contribution in [1.82, 2.24) is 10.2 Å². The molecule has 1 unspecified atom stereocenters. The summed E-state index contributed by atoms with van der Waals surface area (Å²) < 4.78 is 10.7. The van der Waals surface area contributed by atoms with Gasteiger partial charge in [-0.3, -0.25) is 4.79 Å². The molecule has 1 amide bonds. The van der Waals surface area contributed by atoms with Crippen LogP contribution in [0.25, 0.3) is 0 Å². The number of nitrogens with zero attached hydrogens (tertiary/aromatic N) is 1. The number of nitrogens with one attached hydrogen (secondary N) is 1. The van der Waals surface area contributed by atoms with Crippen LogP contribution in [0, 0.1) is 6.92 Å². The van der Waals surface area contributed by atoms with E-state index in [-0.39, 0.29) is 11.9 Å². The Morgan fingerprint density at radius 1 is 1.19 bits per heavy atom. The third kappa shape index (κ3) is 3.50. The van der Waals surface area contributed by atoms with E-state index in [2.05, 4.69) is 5.32 Å². The number of rotatable bonds is 4. The predicted molar refractivity (Wildman–Crippen MR) is 102 cm³/mol. The molecule has 26 heavy (non-hydrogen) atoms. The van der Waals surface area contributed by atoms with E-state index in [4.69, 9.17) is 21.1 Å². The molecule has 0 aromatic heterocycles. The van der Waals surface area contributed by atoms with Gasteiger partial charge in [0.25, 0.3) is 5.91 Å². The van der Waals surface area contributed by atoms with E-state index in [1.807, 2.05) is 42.2 Å². The predicted octanol–water partition coefficient (Wildman–Crippen LogP) is 3.45. The third-order valence-corrected chi connectivity index (χ3v) is 5.07. The van der Waals surface area contributed by atoms with Gasteiger partial charge in [0, 0.05) is 30.2 Å². The number of aryl methyl sites for hydroxylation is 1. The Kier molecular flexibility index (Phi) is 5.69. The first-order valence-electron chi connectivity index (χ1n) is 8.55. The lowest BCUT2D eigenvalue weighted by molar-refractivity contribution is 0.0633. The molecule has 1 N–H and O–H groups in total. The molecule has 6 heteroatoms. The van der Waals surface area contributed by atoms with Crippen LogP contribution in [0.4, 0.5) is 0 Å². The number of carbonyl (C=O) groups is 1. The fraction of sp³-hybridized carbons (Fsp3) is 0.350. The molecular weight excluding hydrogens is 352 g/mol. The Balaban J connectivity index is 1.98. The lowest BCUT2D eigenvalue weighted by Gasteiger charge is -2.37. The number of halogens is 1. The summed E-state index contributed by atoms with van der Waals surface area (Å²) in [4.78, 5) is 15.2. The first-order valence-corrected chi connectivity index (χ1v) is 8.93. The Morgan fingerprint density at radius 3 is 2.58 bits per heavy atom. The Hall–Kier alpha value is -2.24. The molecule has 0 aliphatic carbocycles. The van der Waals surface area contributed by atoms with Crippen molar-refractivity contribution < 1.29 is 14.3 Å². The van der Waals surface area contributed by atoms with Crippen LogP contribution in [0.5, 0.6) is 11.5 Å². The van der Waals surface area contributed by atoms with E-state index >= 15 is 0 Å². The summed E-state index contributed by atoms with van der Waals surface area (Å²) in [7, 11) is 3.15. The molecule has 138 valence electrons. The molecule has 0 saturated carbocycles. The molecule has 0 radical (unpaired) electrons. The van der Waals surface area contributed by atoms with Gasteiger partial charge in [-0.05, 0) is 36.2 Å². The minimum atomic E-state index is -0.113. The van der Waals surface area contributed by atoms with Gasteiger partial charge in [-0.2, -0.15) is 0 Å². The maximum atomic E-state index is 13.3. The second-order valence-electron chi connectivity index (χ2n) is 6.26. The van der Waals surface area contributed by atoms with E-state index in [0.717, 1.165) is 17.7 Å². The SMILES string of the molecule is COc1cc(C)c(C(=O)N2CCNCC2c2ccccc2Cl)cc1OC. The van der Waals surface area contributed by atoms with Gasteiger partial charge in [0.2, 0.25) is 0 Å². The molecule has 2 aromatic rings. The summed E-state index contributed by atoms with van der Waals surface area (Å²) >= 11 is 6.39.